The Morgan fingerprint density at radius 3 is 2.56 bits per heavy atom. The minimum absolute atomic E-state index is 0.0157. The van der Waals surface area contributed by atoms with Crippen LogP contribution >= 0.6 is 23.2 Å². The maximum Gasteiger partial charge on any atom is 0.250 e. The number of rotatable bonds is 6. The summed E-state index contributed by atoms with van der Waals surface area (Å²) in [4.78, 5) is 24.8. The van der Waals surface area contributed by atoms with E-state index in [9.17, 15) is 9.59 Å². The highest BCUT2D eigenvalue weighted by Gasteiger charge is 2.22. The summed E-state index contributed by atoms with van der Waals surface area (Å²) in [6.45, 7) is -0.0314. The first-order valence-electron chi connectivity index (χ1n) is 9.58. The van der Waals surface area contributed by atoms with Crippen LogP contribution in [0.15, 0.2) is 65.1 Å². The molecule has 0 aliphatic heterocycles. The standard InChI is InChI=1S/C24H18Cl2N2O4/c1-31-12-21(29)28-16-4-2-3-13(9-16)14-5-7-18-20(10-14)32-24(22(18)27)23(30)17-8-6-15(25)11-19(17)26/h2-11H,12,27H2,1H3,(H,28,29). The van der Waals surface area contributed by atoms with Crippen LogP contribution in [0.25, 0.3) is 22.1 Å². The number of benzene rings is 3. The van der Waals surface area contributed by atoms with Crippen LogP contribution in [0.2, 0.25) is 10.0 Å². The zero-order chi connectivity index (χ0) is 22.8. The highest BCUT2D eigenvalue weighted by molar-refractivity contribution is 6.37. The van der Waals surface area contributed by atoms with Crippen LogP contribution in [0.4, 0.5) is 11.4 Å². The molecule has 0 fully saturated rings. The molecule has 0 saturated heterocycles. The van der Waals surface area contributed by atoms with Crippen LogP contribution in [-0.4, -0.2) is 25.4 Å². The van der Waals surface area contributed by atoms with Gasteiger partial charge in [-0.05, 0) is 53.6 Å². The molecule has 1 aromatic heterocycles. The highest BCUT2D eigenvalue weighted by Crippen LogP contribution is 2.35. The molecule has 32 heavy (non-hydrogen) atoms. The van der Waals surface area contributed by atoms with Crippen molar-refractivity contribution in [3.8, 4) is 11.1 Å². The molecule has 0 bridgehead atoms. The van der Waals surface area contributed by atoms with Gasteiger partial charge in [-0.25, -0.2) is 0 Å². The normalized spacial score (nSPS) is 11.0. The van der Waals surface area contributed by atoms with Gasteiger partial charge in [-0.2, -0.15) is 0 Å². The zero-order valence-corrected chi connectivity index (χ0v) is 18.5. The molecule has 0 saturated carbocycles. The van der Waals surface area contributed by atoms with Crippen molar-refractivity contribution < 1.29 is 18.7 Å². The maximum absolute atomic E-state index is 13.0. The van der Waals surface area contributed by atoms with E-state index in [1.54, 1.807) is 24.3 Å². The van der Waals surface area contributed by atoms with Crippen LogP contribution in [0.1, 0.15) is 16.1 Å². The number of hydrogen-bond acceptors (Lipinski definition) is 5. The number of fused-ring (bicyclic) bond motifs is 1. The summed E-state index contributed by atoms with van der Waals surface area (Å²) in [6.07, 6.45) is 0. The lowest BCUT2D eigenvalue weighted by atomic mass is 10.0. The van der Waals surface area contributed by atoms with Gasteiger partial charge in [0.05, 0.1) is 10.7 Å². The smallest absolute Gasteiger partial charge is 0.250 e. The molecule has 4 rings (SSSR count). The van der Waals surface area contributed by atoms with Crippen LogP contribution in [-0.2, 0) is 9.53 Å². The Morgan fingerprint density at radius 2 is 1.81 bits per heavy atom. The van der Waals surface area contributed by atoms with Gasteiger partial charge in [0.25, 0.3) is 0 Å². The zero-order valence-electron chi connectivity index (χ0n) is 16.9. The van der Waals surface area contributed by atoms with Crippen molar-refractivity contribution in [3.05, 3.63) is 82.0 Å². The fourth-order valence-corrected chi connectivity index (χ4v) is 3.86. The van der Waals surface area contributed by atoms with E-state index < -0.39 is 5.78 Å². The number of amides is 1. The molecular formula is C24H18Cl2N2O4. The summed E-state index contributed by atoms with van der Waals surface area (Å²) in [7, 11) is 1.46. The van der Waals surface area contributed by atoms with Crippen molar-refractivity contribution in [2.75, 3.05) is 24.8 Å². The summed E-state index contributed by atoms with van der Waals surface area (Å²) in [6, 6.07) is 17.4. The molecule has 4 aromatic rings. The monoisotopic (exact) mass is 468 g/mol. The van der Waals surface area contributed by atoms with Crippen LogP contribution in [0.3, 0.4) is 0 Å². The number of anilines is 2. The third-order valence-electron chi connectivity index (χ3n) is 4.87. The first kappa shape index (κ1) is 21.9. The van der Waals surface area contributed by atoms with Gasteiger partial charge in [-0.15, -0.1) is 0 Å². The molecular weight excluding hydrogens is 451 g/mol. The molecule has 6 nitrogen and oxygen atoms in total. The quantitative estimate of drug-likeness (QED) is 0.348. The third kappa shape index (κ3) is 4.34. The summed E-state index contributed by atoms with van der Waals surface area (Å²) in [5.41, 5.74) is 9.48. The largest absolute Gasteiger partial charge is 0.450 e. The molecule has 0 radical (unpaired) electrons. The number of ether oxygens (including phenoxy) is 1. The van der Waals surface area contributed by atoms with Crippen molar-refractivity contribution in [1.29, 1.82) is 0 Å². The fraction of sp³-hybridized carbons (Fsp3) is 0.0833. The average Bonchev–Trinajstić information content (AvgIpc) is 3.09. The number of nitrogen functional groups attached to an aromatic ring is 1. The average molecular weight is 469 g/mol. The van der Waals surface area contributed by atoms with Crippen LogP contribution in [0.5, 0.6) is 0 Å². The van der Waals surface area contributed by atoms with Crippen LogP contribution in [0, 0.1) is 0 Å². The molecule has 8 heteroatoms. The third-order valence-corrected chi connectivity index (χ3v) is 5.41. The molecule has 3 aromatic carbocycles. The van der Waals surface area contributed by atoms with Gasteiger partial charge >= 0.3 is 0 Å². The Labute approximate surface area is 193 Å². The number of ketones is 1. The second-order valence-corrected chi connectivity index (χ2v) is 7.91. The fourth-order valence-electron chi connectivity index (χ4n) is 3.37. The number of nitrogens with two attached hydrogens (primary N) is 1. The van der Waals surface area contributed by atoms with E-state index in [2.05, 4.69) is 5.32 Å². The molecule has 162 valence electrons. The minimum Gasteiger partial charge on any atom is -0.450 e. The molecule has 0 unspecified atom stereocenters. The van der Waals surface area contributed by atoms with Gasteiger partial charge in [0.2, 0.25) is 11.7 Å². The van der Waals surface area contributed by atoms with Crippen molar-refractivity contribution in [1.82, 2.24) is 0 Å². The van der Waals surface area contributed by atoms with Gasteiger partial charge in [0.15, 0.2) is 5.76 Å². The predicted molar refractivity (Wildman–Crippen MR) is 126 cm³/mol. The summed E-state index contributed by atoms with van der Waals surface area (Å²) in [5.74, 6) is -0.658. The lowest BCUT2D eigenvalue weighted by Crippen LogP contribution is -2.16. The molecule has 0 spiro atoms. The molecule has 3 N–H and O–H groups in total. The number of halogens is 2. The van der Waals surface area contributed by atoms with Gasteiger partial charge in [-0.1, -0.05) is 41.4 Å². The second kappa shape index (κ2) is 9.04. The Balaban J connectivity index is 1.69. The topological polar surface area (TPSA) is 94.6 Å². The minimum atomic E-state index is -0.426. The van der Waals surface area contributed by atoms with Gasteiger partial charge in [-0.3, -0.25) is 9.59 Å². The SMILES string of the molecule is COCC(=O)Nc1cccc(-c2ccc3c(N)c(C(=O)c4ccc(Cl)cc4Cl)oc3c2)c1. The summed E-state index contributed by atoms with van der Waals surface area (Å²) in [5, 5.41) is 4.03. The van der Waals surface area contributed by atoms with E-state index in [0.717, 1.165) is 11.1 Å². The Hall–Kier alpha value is -3.32. The molecule has 0 aliphatic carbocycles. The van der Waals surface area contributed by atoms with E-state index in [1.165, 1.54) is 19.2 Å². The number of hydrogen-bond donors (Lipinski definition) is 2. The van der Waals surface area contributed by atoms with E-state index in [4.69, 9.17) is 38.1 Å². The lowest BCUT2D eigenvalue weighted by Gasteiger charge is -2.07. The summed E-state index contributed by atoms with van der Waals surface area (Å²) < 4.78 is 10.7. The molecule has 1 amide bonds. The van der Waals surface area contributed by atoms with E-state index >= 15 is 0 Å². The summed E-state index contributed by atoms with van der Waals surface area (Å²) >= 11 is 12.1. The molecule has 0 aliphatic rings. The number of nitrogens with one attached hydrogen (secondary N) is 1. The number of carbonyl (C=O) groups is 2. The second-order valence-electron chi connectivity index (χ2n) is 7.07. The van der Waals surface area contributed by atoms with Crippen molar-refractivity contribution in [3.63, 3.8) is 0 Å². The predicted octanol–water partition coefficient (Wildman–Crippen LogP) is 5.80. The van der Waals surface area contributed by atoms with Crippen molar-refractivity contribution in [2.24, 2.45) is 0 Å². The van der Waals surface area contributed by atoms with Crippen molar-refractivity contribution in [2.45, 2.75) is 0 Å². The molecule has 1 heterocycles. The van der Waals surface area contributed by atoms with Gasteiger partial charge < -0.3 is 20.2 Å². The van der Waals surface area contributed by atoms with Crippen molar-refractivity contribution >= 4 is 57.2 Å². The van der Waals surface area contributed by atoms with Gasteiger partial charge in [0.1, 0.15) is 12.2 Å². The number of carbonyl (C=O) groups excluding carboxylic acids is 2. The van der Waals surface area contributed by atoms with E-state index in [-0.39, 0.29) is 34.5 Å². The highest BCUT2D eigenvalue weighted by atomic mass is 35.5. The first-order valence-corrected chi connectivity index (χ1v) is 10.3. The Bertz CT molecular complexity index is 1350. The first-order chi connectivity index (χ1) is 15.4. The number of methoxy groups -OCH3 is 1. The van der Waals surface area contributed by atoms with Gasteiger partial charge in [0, 0.05) is 28.8 Å². The lowest BCUT2D eigenvalue weighted by molar-refractivity contribution is -0.119. The molecule has 0 atom stereocenters. The van der Waals surface area contributed by atoms with E-state index in [1.807, 2.05) is 24.3 Å². The maximum atomic E-state index is 13.0. The van der Waals surface area contributed by atoms with E-state index in [0.29, 0.717) is 21.7 Å². The number of furan rings is 1. The Morgan fingerprint density at radius 1 is 1.03 bits per heavy atom. The van der Waals surface area contributed by atoms with Crippen LogP contribution < -0.4 is 11.1 Å². The Kier molecular flexibility index (Phi) is 6.19.